The highest BCUT2D eigenvalue weighted by atomic mass is 28.4. The second-order valence-corrected chi connectivity index (χ2v) is 5.70. The van der Waals surface area contributed by atoms with Crippen LogP contribution in [0.1, 0.15) is 0 Å². The molecule has 0 aliphatic heterocycles. The van der Waals surface area contributed by atoms with E-state index < -0.39 is 8.32 Å². The highest BCUT2D eigenvalue weighted by Crippen LogP contribution is 2.00. The summed E-state index contributed by atoms with van der Waals surface area (Å²) in [5.74, 6) is 0. The van der Waals surface area contributed by atoms with E-state index in [4.69, 9.17) is 5.26 Å². The van der Waals surface area contributed by atoms with Crippen LogP contribution in [0.4, 0.5) is 0 Å². The molecule has 42 valence electrons. The third-order valence-corrected chi connectivity index (χ3v) is 2.18. The van der Waals surface area contributed by atoms with Gasteiger partial charge in [0.15, 0.2) is 0 Å². The predicted octanol–water partition coefficient (Wildman–Crippen LogP) is 1.41. The average molecular weight is 118 g/mol. The van der Waals surface area contributed by atoms with Crippen molar-refractivity contribution < 1.29 is 9.83 Å². The van der Waals surface area contributed by atoms with Crippen LogP contribution in [0.5, 0.6) is 0 Å². The zero-order valence-corrected chi connectivity index (χ0v) is 5.64. The topological polar surface area (TPSA) is 29.5 Å². The largest absolute Gasteiger partial charge is 0.284 e. The van der Waals surface area contributed by atoms with Gasteiger partial charge in [-0.3, -0.25) is 9.83 Å². The normalized spacial score (nSPS) is 11.3. The van der Waals surface area contributed by atoms with Crippen LogP contribution in [0, 0.1) is 0 Å². The van der Waals surface area contributed by atoms with Crippen LogP contribution >= 0.6 is 0 Å². The average Bonchev–Trinajstić information content (AvgIpc) is 1.68. The molecular formula is C4H10O2Si. The molecule has 0 spiro atoms. The summed E-state index contributed by atoms with van der Waals surface area (Å²) in [6.07, 6.45) is 0. The molecule has 1 N–H and O–H groups in total. The third kappa shape index (κ3) is 2.56. The zero-order chi connectivity index (χ0) is 5.91. The van der Waals surface area contributed by atoms with Crippen molar-refractivity contribution in [2.24, 2.45) is 0 Å². The zero-order valence-electron chi connectivity index (χ0n) is 4.64. The summed E-state index contributed by atoms with van der Waals surface area (Å²) >= 11 is 0. The summed E-state index contributed by atoms with van der Waals surface area (Å²) < 4.78 is 4.11. The first-order valence-electron chi connectivity index (χ1n) is 2.08. The Morgan fingerprint density at radius 3 is 2.14 bits per heavy atom. The van der Waals surface area contributed by atoms with E-state index in [0.717, 1.165) is 0 Å². The molecule has 0 aliphatic rings. The monoisotopic (exact) mass is 118 g/mol. The molecule has 0 fully saturated rings. The van der Waals surface area contributed by atoms with E-state index in [1.807, 2.05) is 13.1 Å². The van der Waals surface area contributed by atoms with E-state index in [1.165, 1.54) is 0 Å². The van der Waals surface area contributed by atoms with Crippen LogP contribution in [0.15, 0.2) is 12.3 Å². The van der Waals surface area contributed by atoms with Gasteiger partial charge in [0.05, 0.1) is 0 Å². The Labute approximate surface area is 44.5 Å². The van der Waals surface area contributed by atoms with Crippen molar-refractivity contribution in [1.82, 2.24) is 0 Å². The minimum absolute atomic E-state index is 1.66. The van der Waals surface area contributed by atoms with Crippen molar-refractivity contribution in [1.29, 1.82) is 0 Å². The van der Waals surface area contributed by atoms with Gasteiger partial charge in [-0.1, -0.05) is 5.70 Å². The Kier molecular flexibility index (Phi) is 2.21. The van der Waals surface area contributed by atoms with Gasteiger partial charge in [0.1, 0.15) is 0 Å². The van der Waals surface area contributed by atoms with Crippen molar-refractivity contribution >= 4 is 8.32 Å². The van der Waals surface area contributed by atoms with Gasteiger partial charge < -0.3 is 0 Å². The molecule has 0 heterocycles. The van der Waals surface area contributed by atoms with Crippen LogP contribution in [0.2, 0.25) is 13.1 Å². The summed E-state index contributed by atoms with van der Waals surface area (Å²) in [6, 6.07) is 0. The molecule has 0 aromatic heterocycles. The van der Waals surface area contributed by atoms with E-state index in [-0.39, 0.29) is 0 Å². The van der Waals surface area contributed by atoms with Crippen LogP contribution in [-0.4, -0.2) is 13.6 Å². The highest BCUT2D eigenvalue weighted by Gasteiger charge is 2.16. The van der Waals surface area contributed by atoms with Crippen molar-refractivity contribution in [3.63, 3.8) is 0 Å². The van der Waals surface area contributed by atoms with Gasteiger partial charge in [-0.2, -0.15) is 0 Å². The summed E-state index contributed by atoms with van der Waals surface area (Å²) in [4.78, 5) is 0. The lowest BCUT2D eigenvalue weighted by molar-refractivity contribution is -0.148. The first-order chi connectivity index (χ1) is 3.12. The lowest BCUT2D eigenvalue weighted by Gasteiger charge is -2.09. The van der Waals surface area contributed by atoms with Crippen molar-refractivity contribution in [3.05, 3.63) is 12.3 Å². The molecule has 0 aromatic rings. The second-order valence-electron chi connectivity index (χ2n) is 1.90. The quantitative estimate of drug-likeness (QED) is 0.337. The van der Waals surface area contributed by atoms with Gasteiger partial charge in [0.25, 0.3) is 8.32 Å². The van der Waals surface area contributed by atoms with E-state index in [2.05, 4.69) is 11.2 Å². The Bertz CT molecular complexity index is 70.1. The number of hydrogen-bond donors (Lipinski definition) is 1. The smallest absolute Gasteiger partial charge is 0.255 e. The van der Waals surface area contributed by atoms with Crippen molar-refractivity contribution in [2.45, 2.75) is 13.1 Å². The SMILES string of the molecule is C=C[Si](C)(C)OO. The first-order valence-corrected chi connectivity index (χ1v) is 5.07. The third-order valence-electron chi connectivity index (χ3n) is 0.727. The second kappa shape index (κ2) is 2.25. The van der Waals surface area contributed by atoms with E-state index in [9.17, 15) is 0 Å². The Balaban J connectivity index is 3.58. The minimum Gasteiger partial charge on any atom is -0.284 e. The molecule has 0 unspecified atom stereocenters. The Morgan fingerprint density at radius 2 is 2.14 bits per heavy atom. The van der Waals surface area contributed by atoms with Gasteiger partial charge in [-0.25, -0.2) is 0 Å². The summed E-state index contributed by atoms with van der Waals surface area (Å²) in [5, 5.41) is 8.08. The summed E-state index contributed by atoms with van der Waals surface area (Å²) in [6.45, 7) is 7.17. The fraction of sp³-hybridized carbons (Fsp3) is 0.500. The highest BCUT2D eigenvalue weighted by molar-refractivity contribution is 6.75. The molecule has 0 saturated heterocycles. The van der Waals surface area contributed by atoms with Crippen LogP contribution in [-0.2, 0) is 4.58 Å². The van der Waals surface area contributed by atoms with Crippen LogP contribution in [0.25, 0.3) is 0 Å². The van der Waals surface area contributed by atoms with Gasteiger partial charge in [0, 0.05) is 0 Å². The molecule has 0 radical (unpaired) electrons. The van der Waals surface area contributed by atoms with Gasteiger partial charge in [-0.05, 0) is 13.1 Å². The first kappa shape index (κ1) is 6.88. The fourth-order valence-electron chi connectivity index (χ4n) is 0.0373. The predicted molar refractivity (Wildman–Crippen MR) is 31.4 cm³/mol. The summed E-state index contributed by atoms with van der Waals surface area (Å²) in [7, 11) is -1.83. The molecular weight excluding hydrogens is 108 g/mol. The lowest BCUT2D eigenvalue weighted by atomic mass is 11.3. The van der Waals surface area contributed by atoms with Gasteiger partial charge in [0.2, 0.25) is 0 Å². The number of hydrogen-bond acceptors (Lipinski definition) is 2. The van der Waals surface area contributed by atoms with E-state index in [0.29, 0.717) is 0 Å². The fourth-order valence-corrected chi connectivity index (χ4v) is 0.112. The maximum Gasteiger partial charge on any atom is 0.255 e. The maximum absolute atomic E-state index is 8.08. The Morgan fingerprint density at radius 1 is 1.71 bits per heavy atom. The lowest BCUT2D eigenvalue weighted by Crippen LogP contribution is -2.25. The minimum atomic E-state index is -1.83. The van der Waals surface area contributed by atoms with Gasteiger partial charge >= 0.3 is 0 Å². The van der Waals surface area contributed by atoms with Gasteiger partial charge in [-0.15, -0.1) is 6.58 Å². The van der Waals surface area contributed by atoms with E-state index >= 15 is 0 Å². The molecule has 7 heavy (non-hydrogen) atoms. The van der Waals surface area contributed by atoms with Crippen LogP contribution in [0.3, 0.4) is 0 Å². The van der Waals surface area contributed by atoms with Crippen molar-refractivity contribution in [2.75, 3.05) is 0 Å². The molecule has 0 rings (SSSR count). The molecule has 0 atom stereocenters. The van der Waals surface area contributed by atoms with Crippen LogP contribution < -0.4 is 0 Å². The molecule has 0 bridgehead atoms. The molecule has 0 aliphatic carbocycles. The standard InChI is InChI=1S/C4H10O2Si/c1-4-7(2,3)6-5/h4-5H,1H2,2-3H3. The molecule has 0 saturated carbocycles. The molecule has 2 nitrogen and oxygen atoms in total. The number of rotatable bonds is 2. The van der Waals surface area contributed by atoms with Crippen molar-refractivity contribution in [3.8, 4) is 0 Å². The summed E-state index contributed by atoms with van der Waals surface area (Å²) in [5.41, 5.74) is 1.66. The molecule has 0 amide bonds. The maximum atomic E-state index is 8.08. The van der Waals surface area contributed by atoms with E-state index in [1.54, 1.807) is 5.70 Å². The Hall–Kier alpha value is -0.123. The molecule has 3 heteroatoms. The molecule has 0 aromatic carbocycles.